The first-order valence-electron chi connectivity index (χ1n) is 9.59. The van der Waals surface area contributed by atoms with Crippen LogP contribution >= 0.6 is 0 Å². The van der Waals surface area contributed by atoms with Crippen LogP contribution in [0.2, 0.25) is 0 Å². The van der Waals surface area contributed by atoms with Crippen molar-refractivity contribution in [3.63, 3.8) is 0 Å². The predicted molar refractivity (Wildman–Crippen MR) is 109 cm³/mol. The minimum absolute atomic E-state index is 0.152. The fraction of sp³-hybridized carbons (Fsp3) is 0.273. The normalized spacial score (nSPS) is 13.8. The van der Waals surface area contributed by atoms with Crippen molar-refractivity contribution in [2.75, 3.05) is 0 Å². The van der Waals surface area contributed by atoms with Crippen LogP contribution in [0.5, 0.6) is 0 Å². The smallest absolute Gasteiger partial charge is 0.248 e. The molecule has 1 aliphatic rings. The van der Waals surface area contributed by atoms with E-state index in [-0.39, 0.29) is 11.8 Å². The van der Waals surface area contributed by atoms with Gasteiger partial charge in [0.1, 0.15) is 0 Å². The van der Waals surface area contributed by atoms with E-state index < -0.39 is 0 Å². The van der Waals surface area contributed by atoms with Gasteiger partial charge in [-0.05, 0) is 12.8 Å². The lowest BCUT2D eigenvalue weighted by Gasteiger charge is -2.30. The molecule has 0 atom stereocenters. The molecule has 0 fully saturated rings. The zero-order valence-corrected chi connectivity index (χ0v) is 16.2. The largest absolute Gasteiger partial charge is 0.273 e. The van der Waals surface area contributed by atoms with Crippen LogP contribution in [0.1, 0.15) is 50.7 Å². The van der Waals surface area contributed by atoms with Gasteiger partial charge >= 0.3 is 0 Å². The minimum Gasteiger partial charge on any atom is -0.273 e. The molecule has 0 aromatic heterocycles. The Morgan fingerprint density at radius 3 is 1.36 bits per heavy atom. The van der Waals surface area contributed by atoms with E-state index in [2.05, 4.69) is 10.2 Å². The summed E-state index contributed by atoms with van der Waals surface area (Å²) in [6.07, 6.45) is 2.10. The van der Waals surface area contributed by atoms with Crippen LogP contribution in [-0.2, 0) is 9.59 Å². The molecule has 28 heavy (non-hydrogen) atoms. The van der Waals surface area contributed by atoms with Gasteiger partial charge in [0.2, 0.25) is 11.8 Å². The molecule has 2 amide bonds. The molecule has 3 rings (SSSR count). The molecule has 6 heteroatoms. The standard InChI is InChI=1S/C22H24N4O2/c1-3-11-19(27)25-21(17-13-7-5-8-14-17)24-26(20(28)12-4-2)22(23-25)18-15-9-6-10-16-18/h5-10,13-16H,3-4,11-12H2,1-2H3. The molecular weight excluding hydrogens is 352 g/mol. The number of nitrogens with zero attached hydrogens (tertiary/aromatic N) is 4. The topological polar surface area (TPSA) is 65.3 Å². The molecule has 1 aliphatic heterocycles. The van der Waals surface area contributed by atoms with Gasteiger partial charge in [0, 0.05) is 24.0 Å². The Labute approximate surface area is 165 Å². The van der Waals surface area contributed by atoms with Crippen molar-refractivity contribution in [2.45, 2.75) is 39.5 Å². The Morgan fingerprint density at radius 2 is 1.04 bits per heavy atom. The summed E-state index contributed by atoms with van der Waals surface area (Å²) in [7, 11) is 0. The summed E-state index contributed by atoms with van der Waals surface area (Å²) in [4.78, 5) is 25.6. The monoisotopic (exact) mass is 376 g/mol. The van der Waals surface area contributed by atoms with Gasteiger partial charge in [-0.25, -0.2) is 0 Å². The molecule has 0 unspecified atom stereocenters. The predicted octanol–water partition coefficient (Wildman–Crippen LogP) is 3.98. The SMILES string of the molecule is CCCC(=O)N1N=C(c2ccccc2)N(C(=O)CCC)N=C1c1ccccc1. The second-order valence-corrected chi connectivity index (χ2v) is 6.49. The molecule has 0 radical (unpaired) electrons. The number of carbonyl (C=O) groups is 2. The van der Waals surface area contributed by atoms with Crippen LogP contribution in [0.15, 0.2) is 70.9 Å². The Hall–Kier alpha value is -3.28. The number of benzene rings is 2. The number of amides is 2. The van der Waals surface area contributed by atoms with E-state index in [4.69, 9.17) is 0 Å². The first kappa shape index (κ1) is 19.5. The summed E-state index contributed by atoms with van der Waals surface area (Å²) in [5, 5.41) is 11.8. The van der Waals surface area contributed by atoms with E-state index in [9.17, 15) is 9.59 Å². The molecule has 0 aliphatic carbocycles. The van der Waals surface area contributed by atoms with Crippen LogP contribution in [0, 0.1) is 0 Å². The fourth-order valence-corrected chi connectivity index (χ4v) is 2.89. The summed E-state index contributed by atoms with van der Waals surface area (Å²) >= 11 is 0. The maximum atomic E-state index is 12.8. The molecular formula is C22H24N4O2. The first-order chi connectivity index (χ1) is 13.7. The summed E-state index contributed by atoms with van der Waals surface area (Å²) < 4.78 is 0. The van der Waals surface area contributed by atoms with E-state index in [1.807, 2.05) is 74.5 Å². The fourth-order valence-electron chi connectivity index (χ4n) is 2.89. The Morgan fingerprint density at radius 1 is 0.679 bits per heavy atom. The third kappa shape index (κ3) is 4.17. The molecule has 0 spiro atoms. The lowest BCUT2D eigenvalue weighted by Crippen LogP contribution is -2.45. The number of rotatable bonds is 6. The van der Waals surface area contributed by atoms with Crippen molar-refractivity contribution < 1.29 is 9.59 Å². The molecule has 144 valence electrons. The second kappa shape index (κ2) is 9.08. The third-order valence-corrected chi connectivity index (χ3v) is 4.25. The van der Waals surface area contributed by atoms with Crippen LogP contribution in [0.4, 0.5) is 0 Å². The van der Waals surface area contributed by atoms with E-state index in [1.54, 1.807) is 0 Å². The summed E-state index contributed by atoms with van der Waals surface area (Å²) in [6.45, 7) is 3.89. The van der Waals surface area contributed by atoms with Crippen LogP contribution in [0.3, 0.4) is 0 Å². The number of hydrogen-bond acceptors (Lipinski definition) is 4. The van der Waals surface area contributed by atoms with Gasteiger partial charge in [-0.15, -0.1) is 10.2 Å². The highest BCUT2D eigenvalue weighted by Crippen LogP contribution is 2.20. The van der Waals surface area contributed by atoms with Crippen molar-refractivity contribution in [3.05, 3.63) is 71.8 Å². The highest BCUT2D eigenvalue weighted by Gasteiger charge is 2.31. The van der Waals surface area contributed by atoms with Crippen LogP contribution in [0.25, 0.3) is 0 Å². The highest BCUT2D eigenvalue weighted by molar-refractivity contribution is 6.15. The van der Waals surface area contributed by atoms with Crippen LogP contribution < -0.4 is 0 Å². The molecule has 1 heterocycles. The van der Waals surface area contributed by atoms with Crippen molar-refractivity contribution in [1.29, 1.82) is 0 Å². The quantitative estimate of drug-likeness (QED) is 0.765. The van der Waals surface area contributed by atoms with Crippen molar-refractivity contribution in [3.8, 4) is 0 Å². The van der Waals surface area contributed by atoms with E-state index in [0.29, 0.717) is 37.4 Å². The lowest BCUT2D eigenvalue weighted by atomic mass is 10.1. The third-order valence-electron chi connectivity index (χ3n) is 4.25. The zero-order chi connectivity index (χ0) is 19.9. The van der Waals surface area contributed by atoms with Gasteiger partial charge in [0.25, 0.3) is 0 Å². The maximum absolute atomic E-state index is 12.8. The average molecular weight is 376 g/mol. The minimum atomic E-state index is -0.152. The molecule has 0 N–H and O–H groups in total. The summed E-state index contributed by atoms with van der Waals surface area (Å²) in [6, 6.07) is 18.7. The van der Waals surface area contributed by atoms with Crippen molar-refractivity contribution in [1.82, 2.24) is 10.0 Å². The van der Waals surface area contributed by atoms with Gasteiger partial charge in [0.15, 0.2) is 11.7 Å². The Bertz CT molecular complexity index is 816. The maximum Gasteiger partial charge on any atom is 0.248 e. The zero-order valence-electron chi connectivity index (χ0n) is 16.2. The molecule has 6 nitrogen and oxygen atoms in total. The van der Waals surface area contributed by atoms with E-state index >= 15 is 0 Å². The number of hydrogen-bond donors (Lipinski definition) is 0. The second-order valence-electron chi connectivity index (χ2n) is 6.49. The number of carbonyl (C=O) groups excluding carboxylic acids is 2. The van der Waals surface area contributed by atoms with Gasteiger partial charge in [-0.1, -0.05) is 74.5 Å². The number of hydrazone groups is 2. The summed E-state index contributed by atoms with van der Waals surface area (Å²) in [5.41, 5.74) is 1.47. The summed E-state index contributed by atoms with van der Waals surface area (Å²) in [5.74, 6) is 0.425. The van der Waals surface area contributed by atoms with E-state index in [0.717, 1.165) is 11.1 Å². The molecule has 0 bridgehead atoms. The molecule has 0 saturated carbocycles. The Kier molecular flexibility index (Phi) is 6.32. The highest BCUT2D eigenvalue weighted by atomic mass is 16.2. The average Bonchev–Trinajstić information content (AvgIpc) is 2.74. The molecule has 0 saturated heterocycles. The molecule has 2 aromatic carbocycles. The van der Waals surface area contributed by atoms with Gasteiger partial charge in [-0.2, -0.15) is 10.0 Å². The van der Waals surface area contributed by atoms with Gasteiger partial charge in [0.05, 0.1) is 0 Å². The van der Waals surface area contributed by atoms with Crippen molar-refractivity contribution in [2.24, 2.45) is 10.2 Å². The van der Waals surface area contributed by atoms with Crippen LogP contribution in [-0.4, -0.2) is 33.5 Å². The van der Waals surface area contributed by atoms with E-state index in [1.165, 1.54) is 10.0 Å². The first-order valence-corrected chi connectivity index (χ1v) is 9.59. The number of amidine groups is 2. The lowest BCUT2D eigenvalue weighted by molar-refractivity contribution is -0.130. The molecule has 2 aromatic rings. The Balaban J connectivity index is 2.12. The van der Waals surface area contributed by atoms with Crippen molar-refractivity contribution >= 4 is 23.5 Å². The van der Waals surface area contributed by atoms with Gasteiger partial charge in [-0.3, -0.25) is 9.59 Å². The van der Waals surface area contributed by atoms with Gasteiger partial charge < -0.3 is 0 Å².